The second-order valence-electron chi connectivity index (χ2n) is 6.62. The summed E-state index contributed by atoms with van der Waals surface area (Å²) in [6, 6.07) is 14.1. The summed E-state index contributed by atoms with van der Waals surface area (Å²) in [6.07, 6.45) is 5.74. The van der Waals surface area contributed by atoms with Gasteiger partial charge in [0, 0.05) is 17.4 Å². The minimum atomic E-state index is -3.76. The van der Waals surface area contributed by atoms with Crippen molar-refractivity contribution in [2.24, 2.45) is 0 Å². The normalized spacial score (nSPS) is 11.5. The van der Waals surface area contributed by atoms with E-state index in [-0.39, 0.29) is 18.0 Å². The van der Waals surface area contributed by atoms with Crippen molar-refractivity contribution in [3.05, 3.63) is 65.4 Å². The second-order valence-corrected chi connectivity index (χ2v) is 8.56. The molecule has 7 heteroatoms. The Balaban J connectivity index is 1.94. The zero-order valence-corrected chi connectivity index (χ0v) is 17.1. The third-order valence-electron chi connectivity index (χ3n) is 4.74. The van der Waals surface area contributed by atoms with Gasteiger partial charge in [-0.15, -0.1) is 6.42 Å². The van der Waals surface area contributed by atoms with Crippen LogP contribution in [0.1, 0.15) is 21.6 Å². The van der Waals surface area contributed by atoms with Gasteiger partial charge in [0.1, 0.15) is 5.69 Å². The Kier molecular flexibility index (Phi) is 6.06. The third-order valence-corrected chi connectivity index (χ3v) is 6.60. The molecule has 0 bridgehead atoms. The quantitative estimate of drug-likeness (QED) is 0.479. The maximum absolute atomic E-state index is 13.1. The van der Waals surface area contributed by atoms with Crippen LogP contribution in [0.5, 0.6) is 0 Å². The van der Waals surface area contributed by atoms with Crippen LogP contribution in [0.3, 0.4) is 0 Å². The molecule has 0 aliphatic carbocycles. The molecule has 0 saturated heterocycles. The molecule has 0 aliphatic heterocycles. The summed E-state index contributed by atoms with van der Waals surface area (Å²) in [5.74, 6) is 1.92. The molecule has 0 amide bonds. The molecule has 0 fully saturated rings. The molecule has 2 aromatic carbocycles. The van der Waals surface area contributed by atoms with Gasteiger partial charge in [-0.3, -0.25) is 0 Å². The van der Waals surface area contributed by atoms with Crippen LogP contribution in [-0.4, -0.2) is 43.9 Å². The van der Waals surface area contributed by atoms with E-state index in [1.807, 2.05) is 31.2 Å². The van der Waals surface area contributed by atoms with Crippen LogP contribution in [0.2, 0.25) is 0 Å². The molecule has 1 heterocycles. The summed E-state index contributed by atoms with van der Waals surface area (Å²) < 4.78 is 32.2. The first-order valence-electron chi connectivity index (χ1n) is 9.06. The molecule has 3 aromatic rings. The van der Waals surface area contributed by atoms with Gasteiger partial charge >= 0.3 is 5.97 Å². The lowest BCUT2D eigenvalue weighted by atomic mass is 10.1. The van der Waals surface area contributed by atoms with Crippen LogP contribution >= 0.6 is 0 Å². The number of aryl methyl sites for hydroxylation is 1. The van der Waals surface area contributed by atoms with Crippen LogP contribution in [0.25, 0.3) is 10.9 Å². The van der Waals surface area contributed by atoms with Crippen molar-refractivity contribution in [2.75, 3.05) is 20.2 Å². The average Bonchev–Trinajstić information content (AvgIpc) is 3.09. The topological polar surface area (TPSA) is 79.5 Å². The lowest BCUT2D eigenvalue weighted by molar-refractivity contribution is 0.0594. The summed E-state index contributed by atoms with van der Waals surface area (Å²) in [7, 11) is -2.45. The summed E-state index contributed by atoms with van der Waals surface area (Å²) in [4.78, 5) is 15.5. The molecule has 3 rings (SSSR count). The number of esters is 1. The van der Waals surface area contributed by atoms with Crippen molar-refractivity contribution >= 4 is 26.9 Å². The number of hydrogen-bond acceptors (Lipinski definition) is 4. The Labute approximate surface area is 170 Å². The van der Waals surface area contributed by atoms with E-state index in [4.69, 9.17) is 11.2 Å². The molecule has 0 spiro atoms. The van der Waals surface area contributed by atoms with Crippen LogP contribution in [0.4, 0.5) is 0 Å². The smallest absolute Gasteiger partial charge is 0.354 e. The number of aromatic amines is 1. The number of rotatable bonds is 7. The van der Waals surface area contributed by atoms with Gasteiger partial charge in [-0.1, -0.05) is 41.8 Å². The first kappa shape index (κ1) is 20.6. The number of nitrogens with one attached hydrogen (secondary N) is 1. The minimum Gasteiger partial charge on any atom is -0.464 e. The molecule has 0 radical (unpaired) electrons. The summed E-state index contributed by atoms with van der Waals surface area (Å²) in [6.45, 7) is 1.96. The Hall–Kier alpha value is -3.08. The molecule has 0 unspecified atom stereocenters. The maximum atomic E-state index is 13.1. The average molecular weight is 410 g/mol. The molecule has 1 aromatic heterocycles. The van der Waals surface area contributed by atoms with Gasteiger partial charge in [-0.25, -0.2) is 13.2 Å². The molecular formula is C22H22N2O4S. The first-order valence-corrected chi connectivity index (χ1v) is 10.5. The standard InChI is InChI=1S/C22H22N2O4S/c1-4-14-24(29(26,27)17-11-9-16(2)10-12-17)15-13-19-18-7-5-6-8-20(18)23-21(19)22(25)28-3/h1,5-12,23H,13-15H2,2-3H3. The number of ether oxygens (including phenoxy) is 1. The molecule has 0 aliphatic rings. The van der Waals surface area contributed by atoms with E-state index >= 15 is 0 Å². The second kappa shape index (κ2) is 8.52. The van der Waals surface area contributed by atoms with Gasteiger partial charge in [-0.05, 0) is 37.1 Å². The number of fused-ring (bicyclic) bond motifs is 1. The van der Waals surface area contributed by atoms with Crippen molar-refractivity contribution in [3.63, 3.8) is 0 Å². The van der Waals surface area contributed by atoms with Crippen molar-refractivity contribution in [1.82, 2.24) is 9.29 Å². The fraction of sp³-hybridized carbons (Fsp3) is 0.227. The predicted molar refractivity (Wildman–Crippen MR) is 112 cm³/mol. The number of aromatic nitrogens is 1. The van der Waals surface area contributed by atoms with E-state index in [9.17, 15) is 13.2 Å². The van der Waals surface area contributed by atoms with Crippen molar-refractivity contribution < 1.29 is 17.9 Å². The molecule has 0 saturated carbocycles. The number of hydrogen-bond donors (Lipinski definition) is 1. The summed E-state index contributed by atoms with van der Waals surface area (Å²) in [5.41, 5.74) is 2.78. The monoisotopic (exact) mass is 410 g/mol. The number of carbonyl (C=O) groups is 1. The van der Waals surface area contributed by atoms with E-state index in [1.54, 1.807) is 24.3 Å². The minimum absolute atomic E-state index is 0.0634. The van der Waals surface area contributed by atoms with Crippen LogP contribution in [0, 0.1) is 19.3 Å². The van der Waals surface area contributed by atoms with Gasteiger partial charge in [0.2, 0.25) is 10.0 Å². The summed E-state index contributed by atoms with van der Waals surface area (Å²) >= 11 is 0. The van der Waals surface area contributed by atoms with E-state index in [0.29, 0.717) is 17.7 Å². The zero-order valence-electron chi connectivity index (χ0n) is 16.3. The SMILES string of the molecule is C#CCN(CCc1c(C(=O)OC)[nH]c2ccccc12)S(=O)(=O)c1ccc(C)cc1. The van der Waals surface area contributed by atoms with Gasteiger partial charge in [0.25, 0.3) is 0 Å². The number of nitrogens with zero attached hydrogens (tertiary/aromatic N) is 1. The molecular weight excluding hydrogens is 388 g/mol. The molecule has 150 valence electrons. The third kappa shape index (κ3) is 4.19. The Bertz CT molecular complexity index is 1170. The highest BCUT2D eigenvalue weighted by Crippen LogP contribution is 2.25. The number of methoxy groups -OCH3 is 1. The highest BCUT2D eigenvalue weighted by atomic mass is 32.2. The zero-order chi connectivity index (χ0) is 21.0. The highest BCUT2D eigenvalue weighted by Gasteiger charge is 2.25. The number of terminal acetylenes is 1. The fourth-order valence-corrected chi connectivity index (χ4v) is 4.57. The van der Waals surface area contributed by atoms with Crippen LogP contribution in [-0.2, 0) is 21.2 Å². The molecule has 0 atom stereocenters. The lowest BCUT2D eigenvalue weighted by Gasteiger charge is -2.20. The van der Waals surface area contributed by atoms with Gasteiger partial charge in [0.15, 0.2) is 0 Å². The van der Waals surface area contributed by atoms with Gasteiger partial charge in [-0.2, -0.15) is 4.31 Å². The molecule has 29 heavy (non-hydrogen) atoms. The van der Waals surface area contributed by atoms with E-state index < -0.39 is 16.0 Å². The van der Waals surface area contributed by atoms with E-state index in [2.05, 4.69) is 10.9 Å². The number of sulfonamides is 1. The number of para-hydroxylation sites is 1. The molecule has 1 N–H and O–H groups in total. The highest BCUT2D eigenvalue weighted by molar-refractivity contribution is 7.89. The van der Waals surface area contributed by atoms with Crippen molar-refractivity contribution in [2.45, 2.75) is 18.2 Å². The van der Waals surface area contributed by atoms with Crippen LogP contribution < -0.4 is 0 Å². The maximum Gasteiger partial charge on any atom is 0.354 e. The van der Waals surface area contributed by atoms with Crippen LogP contribution in [0.15, 0.2) is 53.4 Å². The van der Waals surface area contributed by atoms with Crippen molar-refractivity contribution in [3.8, 4) is 12.3 Å². The Morgan fingerprint density at radius 3 is 2.52 bits per heavy atom. The Morgan fingerprint density at radius 2 is 1.86 bits per heavy atom. The van der Waals surface area contributed by atoms with E-state index in [0.717, 1.165) is 16.5 Å². The van der Waals surface area contributed by atoms with E-state index in [1.165, 1.54) is 11.4 Å². The Morgan fingerprint density at radius 1 is 1.17 bits per heavy atom. The predicted octanol–water partition coefficient (Wildman–Crippen LogP) is 3.13. The largest absolute Gasteiger partial charge is 0.464 e. The van der Waals surface area contributed by atoms with Gasteiger partial charge in [0.05, 0.1) is 18.6 Å². The first-order chi connectivity index (χ1) is 13.9. The number of H-pyrrole nitrogens is 1. The molecule has 6 nitrogen and oxygen atoms in total. The fourth-order valence-electron chi connectivity index (χ4n) is 3.22. The summed E-state index contributed by atoms with van der Waals surface area (Å²) in [5, 5.41) is 0.848. The van der Waals surface area contributed by atoms with Gasteiger partial charge < -0.3 is 9.72 Å². The lowest BCUT2D eigenvalue weighted by Crippen LogP contribution is -2.33. The number of benzene rings is 2. The number of carbonyl (C=O) groups excluding carboxylic acids is 1. The van der Waals surface area contributed by atoms with Crippen molar-refractivity contribution in [1.29, 1.82) is 0 Å².